The Bertz CT molecular complexity index is 1340. The third-order valence-corrected chi connectivity index (χ3v) is 13.2. The van der Waals surface area contributed by atoms with Crippen molar-refractivity contribution in [2.75, 3.05) is 19.8 Å². The quantitative estimate of drug-likeness (QED) is 0.0209. The molecule has 0 bridgehead atoms. The van der Waals surface area contributed by atoms with E-state index in [-0.39, 0.29) is 18.9 Å². The maximum absolute atomic E-state index is 13.2. The number of nitrogens with one attached hydrogen (secondary N) is 1. The van der Waals surface area contributed by atoms with Gasteiger partial charge in [-0.15, -0.1) is 0 Å². The van der Waals surface area contributed by atoms with Crippen molar-refractivity contribution < 1.29 is 64.6 Å². The highest BCUT2D eigenvalue weighted by Crippen LogP contribution is 2.30. The van der Waals surface area contributed by atoms with Crippen LogP contribution < -0.4 is 5.32 Å². The first kappa shape index (κ1) is 63.1. The Balaban J connectivity index is 1.85. The summed E-state index contributed by atoms with van der Waals surface area (Å²) in [4.78, 5) is 13.2. The predicted octanol–water partition coefficient (Wildman–Crippen LogP) is 8.05. The van der Waals surface area contributed by atoms with E-state index >= 15 is 0 Å². The van der Waals surface area contributed by atoms with Gasteiger partial charge in [-0.25, -0.2) is 0 Å². The van der Waals surface area contributed by atoms with E-state index in [0.29, 0.717) is 12.8 Å². The normalized spacial score (nSPS) is 26.5. The molecule has 2 rings (SSSR count). The van der Waals surface area contributed by atoms with Crippen molar-refractivity contribution in [3.8, 4) is 0 Å². The largest absolute Gasteiger partial charge is 0.394 e. The molecule has 12 unspecified atom stereocenters. The first-order valence-corrected chi connectivity index (χ1v) is 27.4. The van der Waals surface area contributed by atoms with E-state index in [1.165, 1.54) is 103 Å². The molecule has 0 saturated carbocycles. The number of hydrogen-bond acceptors (Lipinski definition) is 13. The Morgan fingerprint density at radius 2 is 0.928 bits per heavy atom. The van der Waals surface area contributed by atoms with E-state index in [4.69, 9.17) is 18.9 Å². The second-order valence-corrected chi connectivity index (χ2v) is 19.3. The van der Waals surface area contributed by atoms with Crippen LogP contribution in [0.4, 0.5) is 0 Å². The Hall–Kier alpha value is -2.05. The Morgan fingerprint density at radius 1 is 0.507 bits per heavy atom. The molecule has 402 valence electrons. The van der Waals surface area contributed by atoms with Gasteiger partial charge in [-0.2, -0.15) is 0 Å². The van der Waals surface area contributed by atoms with Crippen molar-refractivity contribution in [3.05, 3.63) is 48.6 Å². The molecular formula is C55H99NO13. The summed E-state index contributed by atoms with van der Waals surface area (Å²) in [5.74, 6) is -0.263. The summed E-state index contributed by atoms with van der Waals surface area (Å²) >= 11 is 0. The van der Waals surface area contributed by atoms with Crippen LogP contribution in [0.15, 0.2) is 48.6 Å². The molecule has 2 saturated heterocycles. The van der Waals surface area contributed by atoms with Gasteiger partial charge in [0.05, 0.1) is 32.0 Å². The second-order valence-electron chi connectivity index (χ2n) is 19.3. The third kappa shape index (κ3) is 28.1. The van der Waals surface area contributed by atoms with Gasteiger partial charge < -0.3 is 65.1 Å². The molecule has 0 aromatic heterocycles. The van der Waals surface area contributed by atoms with Crippen molar-refractivity contribution in [1.29, 1.82) is 0 Å². The lowest BCUT2D eigenvalue weighted by molar-refractivity contribution is -0.359. The third-order valence-electron chi connectivity index (χ3n) is 13.2. The Morgan fingerprint density at radius 3 is 1.42 bits per heavy atom. The standard InChI is InChI=1S/C55H99NO13/c1-3-5-7-9-11-13-15-17-19-21-22-23-24-26-28-30-32-34-36-38-44(59)43(56-47(60)39-37-35-33-31-29-27-25-20-18-16-14-12-10-8-6-4-2)42-66-54-52(65)50(63)53(46(41-58)68-54)69-55-51(64)49(62)48(61)45(40-57)67-55/h20,22-23,25,28,30,36,38,43-46,48-55,57-59,61-65H,3-19,21,24,26-27,29,31-35,37,39-42H2,1-2H3,(H,56,60)/b23-22+,25-20-,30-28+,38-36+. The monoisotopic (exact) mass is 982 g/mol. The molecule has 1 amide bonds. The number of carbonyl (C=O) groups excluding carboxylic acids is 1. The lowest BCUT2D eigenvalue weighted by Crippen LogP contribution is -2.65. The molecule has 14 nitrogen and oxygen atoms in total. The van der Waals surface area contributed by atoms with E-state index < -0.39 is 86.8 Å². The zero-order valence-corrected chi connectivity index (χ0v) is 42.8. The number of allylic oxidation sites excluding steroid dienone is 7. The molecule has 12 atom stereocenters. The van der Waals surface area contributed by atoms with E-state index in [1.54, 1.807) is 6.08 Å². The Labute approximate surface area is 416 Å². The van der Waals surface area contributed by atoms with Crippen LogP contribution in [-0.2, 0) is 23.7 Å². The molecule has 0 spiro atoms. The first-order chi connectivity index (χ1) is 33.6. The Kier molecular flexibility index (Phi) is 37.9. The topological polar surface area (TPSA) is 228 Å². The number of aliphatic hydroxyl groups is 8. The average Bonchev–Trinajstić information content (AvgIpc) is 3.35. The van der Waals surface area contributed by atoms with Crippen LogP contribution in [0.5, 0.6) is 0 Å². The second kappa shape index (κ2) is 41.4. The molecule has 2 aliphatic rings. The molecule has 69 heavy (non-hydrogen) atoms. The van der Waals surface area contributed by atoms with Crippen LogP contribution in [-0.4, -0.2) is 140 Å². The minimum atomic E-state index is -1.79. The first-order valence-electron chi connectivity index (χ1n) is 27.4. The van der Waals surface area contributed by atoms with Gasteiger partial charge in [-0.1, -0.05) is 172 Å². The van der Waals surface area contributed by atoms with Gasteiger partial charge in [0.25, 0.3) is 0 Å². The van der Waals surface area contributed by atoms with Crippen molar-refractivity contribution in [3.63, 3.8) is 0 Å². The summed E-state index contributed by atoms with van der Waals surface area (Å²) < 4.78 is 22.7. The molecule has 9 N–H and O–H groups in total. The summed E-state index contributed by atoms with van der Waals surface area (Å²) in [7, 11) is 0. The van der Waals surface area contributed by atoms with Gasteiger partial charge in [0, 0.05) is 6.42 Å². The molecule has 0 aromatic rings. The van der Waals surface area contributed by atoms with Gasteiger partial charge in [0.1, 0.15) is 48.8 Å². The van der Waals surface area contributed by atoms with Crippen molar-refractivity contribution >= 4 is 5.91 Å². The molecule has 2 heterocycles. The highest BCUT2D eigenvalue weighted by molar-refractivity contribution is 5.76. The number of carbonyl (C=O) groups is 1. The summed E-state index contributed by atoms with van der Waals surface area (Å²) in [5.41, 5.74) is 0. The van der Waals surface area contributed by atoms with E-state index in [2.05, 4.69) is 55.6 Å². The number of unbranched alkanes of at least 4 members (excludes halogenated alkanes) is 23. The smallest absolute Gasteiger partial charge is 0.220 e. The molecule has 2 fully saturated rings. The van der Waals surface area contributed by atoms with Gasteiger partial charge in [-0.05, 0) is 70.6 Å². The van der Waals surface area contributed by atoms with Crippen LogP contribution in [0.25, 0.3) is 0 Å². The maximum atomic E-state index is 13.2. The van der Waals surface area contributed by atoms with Crippen molar-refractivity contribution in [2.24, 2.45) is 0 Å². The number of aliphatic hydroxyl groups excluding tert-OH is 8. The maximum Gasteiger partial charge on any atom is 0.220 e. The molecule has 2 aliphatic heterocycles. The van der Waals surface area contributed by atoms with Gasteiger partial charge in [0.2, 0.25) is 5.91 Å². The minimum Gasteiger partial charge on any atom is -0.394 e. The van der Waals surface area contributed by atoms with Crippen LogP contribution in [0, 0.1) is 0 Å². The van der Waals surface area contributed by atoms with Crippen LogP contribution in [0.3, 0.4) is 0 Å². The lowest BCUT2D eigenvalue weighted by atomic mass is 9.97. The molecular weight excluding hydrogens is 883 g/mol. The van der Waals surface area contributed by atoms with Crippen LogP contribution >= 0.6 is 0 Å². The van der Waals surface area contributed by atoms with E-state index in [1.807, 2.05) is 6.08 Å². The fourth-order valence-electron chi connectivity index (χ4n) is 8.73. The predicted molar refractivity (Wildman–Crippen MR) is 272 cm³/mol. The van der Waals surface area contributed by atoms with Crippen molar-refractivity contribution in [2.45, 2.75) is 274 Å². The molecule has 0 radical (unpaired) electrons. The highest BCUT2D eigenvalue weighted by atomic mass is 16.7. The van der Waals surface area contributed by atoms with E-state index in [0.717, 1.165) is 64.2 Å². The van der Waals surface area contributed by atoms with Gasteiger partial charge in [0.15, 0.2) is 12.6 Å². The highest BCUT2D eigenvalue weighted by Gasteiger charge is 2.51. The molecule has 0 aliphatic carbocycles. The molecule has 14 heteroatoms. The molecule has 0 aromatic carbocycles. The number of hydrogen-bond donors (Lipinski definition) is 9. The average molecular weight is 982 g/mol. The number of amides is 1. The van der Waals surface area contributed by atoms with Crippen molar-refractivity contribution in [1.82, 2.24) is 5.32 Å². The lowest BCUT2D eigenvalue weighted by Gasteiger charge is -2.46. The van der Waals surface area contributed by atoms with Gasteiger partial charge in [-0.3, -0.25) is 4.79 Å². The SMILES string of the molecule is CCCCCCCCC/C=C\CCCCCCCC(=O)NC(COC1OC(CO)C(OC2OC(CO)C(O)C(O)C2O)C(O)C1O)C(O)/C=C/CC/C=C/CC/C=C/CCCCCCCCCCC. The number of ether oxygens (including phenoxy) is 4. The minimum absolute atomic E-state index is 0.259. The summed E-state index contributed by atoms with van der Waals surface area (Å²) in [6, 6.07) is -0.942. The fraction of sp³-hybridized carbons (Fsp3) is 0.836. The zero-order valence-electron chi connectivity index (χ0n) is 42.8. The summed E-state index contributed by atoms with van der Waals surface area (Å²) in [6.07, 6.45) is 32.9. The fourth-order valence-corrected chi connectivity index (χ4v) is 8.73. The number of rotatable bonds is 42. The summed E-state index contributed by atoms with van der Waals surface area (Å²) in [5, 5.41) is 86.8. The van der Waals surface area contributed by atoms with Crippen LogP contribution in [0.1, 0.15) is 200 Å². The van der Waals surface area contributed by atoms with Gasteiger partial charge >= 0.3 is 0 Å². The van der Waals surface area contributed by atoms with Crippen LogP contribution in [0.2, 0.25) is 0 Å². The van der Waals surface area contributed by atoms with E-state index in [9.17, 15) is 45.6 Å². The zero-order chi connectivity index (χ0) is 50.3. The summed E-state index contributed by atoms with van der Waals surface area (Å²) in [6.45, 7) is 2.75.